The molecular weight excluding hydrogens is 216 g/mol. The third-order valence-electron chi connectivity index (χ3n) is 2.81. The molecule has 0 amide bonds. The summed E-state index contributed by atoms with van der Waals surface area (Å²) in [4.78, 5) is 4.04. The SMILES string of the molecule is CCc1c(-c2ccncc2OC)nn(C)c1N. The molecule has 0 saturated heterocycles. The minimum atomic E-state index is 0.696. The molecule has 0 saturated carbocycles. The van der Waals surface area contributed by atoms with E-state index >= 15 is 0 Å². The van der Waals surface area contributed by atoms with Crippen molar-refractivity contribution in [2.45, 2.75) is 13.3 Å². The fraction of sp³-hybridized carbons (Fsp3) is 0.333. The molecule has 0 aliphatic carbocycles. The number of nitrogens with two attached hydrogens (primary N) is 1. The van der Waals surface area contributed by atoms with Crippen molar-refractivity contribution in [1.82, 2.24) is 14.8 Å². The van der Waals surface area contributed by atoms with Gasteiger partial charge in [-0.1, -0.05) is 6.92 Å². The molecule has 2 heterocycles. The third kappa shape index (κ3) is 1.84. The predicted molar refractivity (Wildman–Crippen MR) is 66.8 cm³/mol. The molecule has 0 aromatic carbocycles. The lowest BCUT2D eigenvalue weighted by atomic mass is 10.1. The Morgan fingerprint density at radius 3 is 2.88 bits per heavy atom. The van der Waals surface area contributed by atoms with Gasteiger partial charge in [-0.15, -0.1) is 0 Å². The van der Waals surface area contributed by atoms with Crippen LogP contribution in [0.15, 0.2) is 18.5 Å². The molecular formula is C12H16N4O. The second-order valence-corrected chi connectivity index (χ2v) is 3.77. The number of hydrogen-bond donors (Lipinski definition) is 1. The monoisotopic (exact) mass is 232 g/mol. The summed E-state index contributed by atoms with van der Waals surface area (Å²) in [5.74, 6) is 1.40. The number of rotatable bonds is 3. The normalized spacial score (nSPS) is 10.5. The van der Waals surface area contributed by atoms with Gasteiger partial charge in [-0.05, 0) is 12.5 Å². The highest BCUT2D eigenvalue weighted by molar-refractivity contribution is 5.73. The summed E-state index contributed by atoms with van der Waals surface area (Å²) in [6.07, 6.45) is 4.24. The van der Waals surface area contributed by atoms with Crippen LogP contribution >= 0.6 is 0 Å². The average molecular weight is 232 g/mol. The Morgan fingerprint density at radius 1 is 1.47 bits per heavy atom. The highest BCUT2D eigenvalue weighted by Gasteiger charge is 2.16. The van der Waals surface area contributed by atoms with E-state index in [2.05, 4.69) is 17.0 Å². The second kappa shape index (κ2) is 4.45. The number of pyridine rings is 1. The van der Waals surface area contributed by atoms with Crippen LogP contribution in [0.25, 0.3) is 11.3 Å². The zero-order chi connectivity index (χ0) is 12.4. The minimum absolute atomic E-state index is 0.696. The Kier molecular flexibility index (Phi) is 2.99. The second-order valence-electron chi connectivity index (χ2n) is 3.77. The van der Waals surface area contributed by atoms with Gasteiger partial charge in [0.05, 0.1) is 13.3 Å². The lowest BCUT2D eigenvalue weighted by molar-refractivity contribution is 0.414. The highest BCUT2D eigenvalue weighted by atomic mass is 16.5. The first-order chi connectivity index (χ1) is 8.19. The van der Waals surface area contributed by atoms with Crippen LogP contribution in [0.3, 0.4) is 0 Å². The maximum absolute atomic E-state index is 5.99. The zero-order valence-electron chi connectivity index (χ0n) is 10.3. The molecule has 0 atom stereocenters. The minimum Gasteiger partial charge on any atom is -0.494 e. The number of nitrogen functional groups attached to an aromatic ring is 1. The van der Waals surface area contributed by atoms with Gasteiger partial charge in [0, 0.05) is 24.4 Å². The highest BCUT2D eigenvalue weighted by Crippen LogP contribution is 2.32. The molecule has 5 heteroatoms. The number of hydrogen-bond acceptors (Lipinski definition) is 4. The summed E-state index contributed by atoms with van der Waals surface area (Å²) >= 11 is 0. The Morgan fingerprint density at radius 2 is 2.24 bits per heavy atom. The van der Waals surface area contributed by atoms with Crippen LogP contribution in [-0.4, -0.2) is 21.9 Å². The van der Waals surface area contributed by atoms with Gasteiger partial charge in [-0.2, -0.15) is 5.10 Å². The maximum Gasteiger partial charge on any atom is 0.146 e. The Labute approximate surface area is 100 Å². The van der Waals surface area contributed by atoms with E-state index in [1.807, 2.05) is 13.1 Å². The fourth-order valence-electron chi connectivity index (χ4n) is 1.88. The summed E-state index contributed by atoms with van der Waals surface area (Å²) < 4.78 is 6.98. The maximum atomic E-state index is 5.99. The molecule has 0 radical (unpaired) electrons. The number of nitrogens with zero attached hydrogens (tertiary/aromatic N) is 3. The first-order valence-electron chi connectivity index (χ1n) is 5.48. The Balaban J connectivity index is 2.64. The lowest BCUT2D eigenvalue weighted by Gasteiger charge is -2.06. The number of anilines is 1. The van der Waals surface area contributed by atoms with Gasteiger partial charge in [0.1, 0.15) is 17.3 Å². The van der Waals surface area contributed by atoms with E-state index in [-0.39, 0.29) is 0 Å². The molecule has 0 fully saturated rings. The van der Waals surface area contributed by atoms with Crippen LogP contribution in [-0.2, 0) is 13.5 Å². The van der Waals surface area contributed by atoms with Crippen molar-refractivity contribution in [2.75, 3.05) is 12.8 Å². The van der Waals surface area contributed by atoms with Gasteiger partial charge >= 0.3 is 0 Å². The van der Waals surface area contributed by atoms with E-state index in [9.17, 15) is 0 Å². The molecule has 0 spiro atoms. The van der Waals surface area contributed by atoms with E-state index in [0.717, 1.165) is 23.2 Å². The van der Waals surface area contributed by atoms with E-state index in [0.29, 0.717) is 11.6 Å². The van der Waals surface area contributed by atoms with E-state index < -0.39 is 0 Å². The van der Waals surface area contributed by atoms with Crippen LogP contribution in [0.1, 0.15) is 12.5 Å². The Bertz CT molecular complexity index is 533. The van der Waals surface area contributed by atoms with Gasteiger partial charge in [-0.25, -0.2) is 0 Å². The molecule has 0 aliphatic rings. The summed E-state index contributed by atoms with van der Waals surface area (Å²) in [7, 11) is 3.46. The van der Waals surface area contributed by atoms with E-state index in [1.54, 1.807) is 24.2 Å². The molecule has 2 aromatic heterocycles. The van der Waals surface area contributed by atoms with Crippen molar-refractivity contribution in [3.8, 4) is 17.0 Å². The molecule has 2 rings (SSSR count). The van der Waals surface area contributed by atoms with Gasteiger partial charge in [0.25, 0.3) is 0 Å². The topological polar surface area (TPSA) is 66.0 Å². The zero-order valence-corrected chi connectivity index (χ0v) is 10.3. The van der Waals surface area contributed by atoms with Gasteiger partial charge < -0.3 is 10.5 Å². The molecule has 0 unspecified atom stereocenters. The smallest absolute Gasteiger partial charge is 0.146 e. The molecule has 0 bridgehead atoms. The van der Waals surface area contributed by atoms with Gasteiger partial charge in [0.15, 0.2) is 0 Å². The molecule has 2 aromatic rings. The van der Waals surface area contributed by atoms with E-state index in [1.165, 1.54) is 0 Å². The predicted octanol–water partition coefficient (Wildman–Crippen LogP) is 1.64. The quantitative estimate of drug-likeness (QED) is 0.873. The summed E-state index contributed by atoms with van der Waals surface area (Å²) in [5, 5.41) is 4.44. The first-order valence-corrected chi connectivity index (χ1v) is 5.48. The van der Waals surface area contributed by atoms with Crippen LogP contribution in [0.5, 0.6) is 5.75 Å². The number of aryl methyl sites for hydroxylation is 1. The summed E-state index contributed by atoms with van der Waals surface area (Å²) in [6, 6.07) is 1.89. The van der Waals surface area contributed by atoms with Gasteiger partial charge in [-0.3, -0.25) is 9.67 Å². The largest absolute Gasteiger partial charge is 0.494 e. The van der Waals surface area contributed by atoms with Crippen LogP contribution < -0.4 is 10.5 Å². The van der Waals surface area contributed by atoms with Crippen molar-refractivity contribution >= 4 is 5.82 Å². The van der Waals surface area contributed by atoms with Crippen molar-refractivity contribution in [3.63, 3.8) is 0 Å². The molecule has 17 heavy (non-hydrogen) atoms. The molecule has 2 N–H and O–H groups in total. The standard InChI is InChI=1S/C12H16N4O/c1-4-8-11(15-16(2)12(8)13)9-5-6-14-7-10(9)17-3/h5-7H,4,13H2,1-3H3. The van der Waals surface area contributed by atoms with Crippen molar-refractivity contribution in [2.24, 2.45) is 7.05 Å². The number of ether oxygens (including phenoxy) is 1. The summed E-state index contributed by atoms with van der Waals surface area (Å²) in [5.41, 5.74) is 8.82. The van der Waals surface area contributed by atoms with Crippen LogP contribution in [0, 0.1) is 0 Å². The number of aromatic nitrogens is 3. The average Bonchev–Trinajstić information content (AvgIpc) is 2.65. The lowest BCUT2D eigenvalue weighted by Crippen LogP contribution is -1.98. The van der Waals surface area contributed by atoms with E-state index in [4.69, 9.17) is 10.5 Å². The van der Waals surface area contributed by atoms with Gasteiger partial charge in [0.2, 0.25) is 0 Å². The van der Waals surface area contributed by atoms with Crippen LogP contribution in [0.2, 0.25) is 0 Å². The summed E-state index contributed by atoms with van der Waals surface area (Å²) in [6.45, 7) is 2.06. The Hall–Kier alpha value is -2.04. The van der Waals surface area contributed by atoms with Crippen LogP contribution in [0.4, 0.5) is 5.82 Å². The van der Waals surface area contributed by atoms with Crippen molar-refractivity contribution in [3.05, 3.63) is 24.0 Å². The molecule has 5 nitrogen and oxygen atoms in total. The first kappa shape index (κ1) is 11.4. The van der Waals surface area contributed by atoms with Crippen molar-refractivity contribution < 1.29 is 4.74 Å². The van der Waals surface area contributed by atoms with Crippen molar-refractivity contribution in [1.29, 1.82) is 0 Å². The number of methoxy groups -OCH3 is 1. The third-order valence-corrected chi connectivity index (χ3v) is 2.81. The molecule has 90 valence electrons. The fourth-order valence-corrected chi connectivity index (χ4v) is 1.88. The molecule has 0 aliphatic heterocycles.